The lowest BCUT2D eigenvalue weighted by Crippen LogP contribution is -2.01. The van der Waals surface area contributed by atoms with Crippen LogP contribution >= 0.6 is 0 Å². The van der Waals surface area contributed by atoms with Gasteiger partial charge in [-0.15, -0.1) is 0 Å². The lowest BCUT2D eigenvalue weighted by Gasteiger charge is -2.10. The Kier molecular flexibility index (Phi) is 3.55. The van der Waals surface area contributed by atoms with Crippen LogP contribution in [0.4, 0.5) is 5.82 Å². The van der Waals surface area contributed by atoms with Gasteiger partial charge in [-0.2, -0.15) is 15.3 Å². The van der Waals surface area contributed by atoms with Crippen molar-refractivity contribution in [2.75, 3.05) is 5.73 Å². The van der Waals surface area contributed by atoms with E-state index >= 15 is 0 Å². The Balaban J connectivity index is 2.71. The van der Waals surface area contributed by atoms with E-state index in [2.05, 4.69) is 36.1 Å². The number of hydrogen-bond acceptors (Lipinski definition) is 4. The van der Waals surface area contributed by atoms with E-state index in [1.54, 1.807) is 4.68 Å². The standard InChI is InChI=1S/C14H21N5/c1-6-11-10(7-9(4)16-17-11)13-12(8(2)3)14(15)19(5)18-13/h7-8H,6,15H2,1-5H3. The Labute approximate surface area is 113 Å². The van der Waals surface area contributed by atoms with Gasteiger partial charge in [-0.05, 0) is 25.3 Å². The summed E-state index contributed by atoms with van der Waals surface area (Å²) in [6.07, 6.45) is 0.830. The minimum absolute atomic E-state index is 0.321. The van der Waals surface area contributed by atoms with E-state index in [0.29, 0.717) is 5.92 Å². The summed E-state index contributed by atoms with van der Waals surface area (Å²) in [5.74, 6) is 1.04. The second kappa shape index (κ2) is 4.99. The topological polar surface area (TPSA) is 69.6 Å². The molecular formula is C14H21N5. The van der Waals surface area contributed by atoms with Crippen LogP contribution in [0.2, 0.25) is 0 Å². The highest BCUT2D eigenvalue weighted by Gasteiger charge is 2.20. The van der Waals surface area contributed by atoms with Crippen molar-refractivity contribution in [3.8, 4) is 11.3 Å². The third-order valence-electron chi connectivity index (χ3n) is 3.29. The lowest BCUT2D eigenvalue weighted by atomic mass is 9.97. The molecule has 0 bridgehead atoms. The number of nitrogens with zero attached hydrogens (tertiary/aromatic N) is 4. The van der Waals surface area contributed by atoms with E-state index in [-0.39, 0.29) is 0 Å². The van der Waals surface area contributed by atoms with Gasteiger partial charge in [-0.3, -0.25) is 4.68 Å². The number of rotatable bonds is 3. The summed E-state index contributed by atoms with van der Waals surface area (Å²) in [5, 5.41) is 13.0. The molecule has 0 unspecified atom stereocenters. The summed E-state index contributed by atoms with van der Waals surface area (Å²) < 4.78 is 1.74. The van der Waals surface area contributed by atoms with Gasteiger partial charge >= 0.3 is 0 Å². The van der Waals surface area contributed by atoms with Crippen molar-refractivity contribution in [1.29, 1.82) is 0 Å². The van der Waals surface area contributed by atoms with Crippen LogP contribution in [0, 0.1) is 6.92 Å². The van der Waals surface area contributed by atoms with Crippen molar-refractivity contribution in [2.24, 2.45) is 7.05 Å². The Bertz CT molecular complexity index is 598. The molecule has 0 aromatic carbocycles. The molecule has 0 aliphatic carbocycles. The molecule has 2 aromatic heterocycles. The molecule has 0 aliphatic heterocycles. The maximum absolute atomic E-state index is 6.14. The van der Waals surface area contributed by atoms with Crippen molar-refractivity contribution < 1.29 is 0 Å². The van der Waals surface area contributed by atoms with Crippen molar-refractivity contribution in [3.05, 3.63) is 23.0 Å². The van der Waals surface area contributed by atoms with Crippen LogP contribution in [0.5, 0.6) is 0 Å². The fourth-order valence-corrected chi connectivity index (χ4v) is 2.30. The molecule has 2 aromatic rings. The lowest BCUT2D eigenvalue weighted by molar-refractivity contribution is 0.778. The van der Waals surface area contributed by atoms with Crippen LogP contribution in [0.1, 0.15) is 43.6 Å². The third kappa shape index (κ3) is 2.32. The first-order chi connectivity index (χ1) is 8.95. The van der Waals surface area contributed by atoms with Crippen molar-refractivity contribution >= 4 is 5.82 Å². The second-order valence-electron chi connectivity index (χ2n) is 5.13. The Morgan fingerprint density at radius 2 is 2.00 bits per heavy atom. The zero-order valence-electron chi connectivity index (χ0n) is 12.2. The number of aryl methyl sites for hydroxylation is 3. The molecule has 0 fully saturated rings. The van der Waals surface area contributed by atoms with Gasteiger partial charge in [-0.25, -0.2) is 0 Å². The van der Waals surface area contributed by atoms with Crippen molar-refractivity contribution in [2.45, 2.75) is 40.0 Å². The average molecular weight is 259 g/mol. The number of nitrogen functional groups attached to an aromatic ring is 1. The van der Waals surface area contributed by atoms with Crippen LogP contribution in [-0.2, 0) is 13.5 Å². The van der Waals surface area contributed by atoms with E-state index in [9.17, 15) is 0 Å². The SMILES string of the molecule is CCc1nnc(C)cc1-c1nn(C)c(N)c1C(C)C. The molecule has 5 nitrogen and oxygen atoms in total. The molecule has 2 N–H and O–H groups in total. The fraction of sp³-hybridized carbons (Fsp3) is 0.500. The quantitative estimate of drug-likeness (QED) is 0.919. The van der Waals surface area contributed by atoms with Gasteiger partial charge in [-0.1, -0.05) is 20.8 Å². The predicted molar refractivity (Wildman–Crippen MR) is 76.9 cm³/mol. The molecule has 0 radical (unpaired) electrons. The van der Waals surface area contributed by atoms with Gasteiger partial charge in [0.05, 0.1) is 17.1 Å². The van der Waals surface area contributed by atoms with Gasteiger partial charge < -0.3 is 5.73 Å². The number of hydrogen-bond donors (Lipinski definition) is 1. The van der Waals surface area contributed by atoms with E-state index in [1.807, 2.05) is 20.0 Å². The molecule has 5 heteroatoms. The monoisotopic (exact) mass is 259 g/mol. The molecular weight excluding hydrogens is 238 g/mol. The first-order valence-corrected chi connectivity index (χ1v) is 6.61. The Hall–Kier alpha value is -1.91. The zero-order chi connectivity index (χ0) is 14.2. The molecule has 0 aliphatic rings. The largest absolute Gasteiger partial charge is 0.384 e. The van der Waals surface area contributed by atoms with Gasteiger partial charge in [0, 0.05) is 18.2 Å². The first-order valence-electron chi connectivity index (χ1n) is 6.61. The molecule has 0 spiro atoms. The van der Waals surface area contributed by atoms with Crippen molar-refractivity contribution in [1.82, 2.24) is 20.0 Å². The zero-order valence-corrected chi connectivity index (χ0v) is 12.2. The van der Waals surface area contributed by atoms with Crippen LogP contribution < -0.4 is 5.73 Å². The average Bonchev–Trinajstić information content (AvgIpc) is 2.65. The summed E-state index contributed by atoms with van der Waals surface area (Å²) in [6, 6.07) is 2.04. The minimum atomic E-state index is 0.321. The summed E-state index contributed by atoms with van der Waals surface area (Å²) in [5.41, 5.74) is 11.1. The highest BCUT2D eigenvalue weighted by molar-refractivity contribution is 5.71. The second-order valence-corrected chi connectivity index (χ2v) is 5.13. The van der Waals surface area contributed by atoms with Crippen LogP contribution in [0.3, 0.4) is 0 Å². The summed E-state index contributed by atoms with van der Waals surface area (Å²) >= 11 is 0. The molecule has 0 amide bonds. The Morgan fingerprint density at radius 1 is 1.32 bits per heavy atom. The molecule has 0 atom stereocenters. The Morgan fingerprint density at radius 3 is 2.58 bits per heavy atom. The predicted octanol–water partition coefficient (Wildman–Crippen LogP) is 2.45. The molecule has 102 valence electrons. The smallest absolute Gasteiger partial charge is 0.125 e. The minimum Gasteiger partial charge on any atom is -0.384 e. The van der Waals surface area contributed by atoms with Gasteiger partial charge in [0.2, 0.25) is 0 Å². The summed E-state index contributed by atoms with van der Waals surface area (Å²) in [7, 11) is 1.87. The van der Waals surface area contributed by atoms with E-state index in [0.717, 1.165) is 40.4 Å². The first kappa shape index (κ1) is 13.5. The van der Waals surface area contributed by atoms with Crippen LogP contribution in [0.25, 0.3) is 11.3 Å². The molecule has 2 rings (SSSR count). The van der Waals surface area contributed by atoms with E-state index in [4.69, 9.17) is 5.73 Å². The normalized spacial score (nSPS) is 11.3. The van der Waals surface area contributed by atoms with Crippen LogP contribution in [0.15, 0.2) is 6.07 Å². The van der Waals surface area contributed by atoms with Gasteiger partial charge in [0.15, 0.2) is 0 Å². The molecule has 19 heavy (non-hydrogen) atoms. The fourth-order valence-electron chi connectivity index (χ4n) is 2.30. The van der Waals surface area contributed by atoms with Crippen LogP contribution in [-0.4, -0.2) is 20.0 Å². The number of anilines is 1. The van der Waals surface area contributed by atoms with E-state index in [1.165, 1.54) is 0 Å². The maximum atomic E-state index is 6.14. The molecule has 0 saturated heterocycles. The number of aromatic nitrogens is 4. The highest BCUT2D eigenvalue weighted by atomic mass is 15.3. The van der Waals surface area contributed by atoms with Gasteiger partial charge in [0.25, 0.3) is 0 Å². The summed E-state index contributed by atoms with van der Waals surface area (Å²) in [4.78, 5) is 0. The summed E-state index contributed by atoms with van der Waals surface area (Å²) in [6.45, 7) is 8.27. The van der Waals surface area contributed by atoms with Gasteiger partial charge in [0.1, 0.15) is 5.82 Å². The molecule has 2 heterocycles. The van der Waals surface area contributed by atoms with Crippen molar-refractivity contribution in [3.63, 3.8) is 0 Å². The highest BCUT2D eigenvalue weighted by Crippen LogP contribution is 2.34. The third-order valence-corrected chi connectivity index (χ3v) is 3.29. The van der Waals surface area contributed by atoms with E-state index < -0.39 is 0 Å². The number of nitrogens with two attached hydrogens (primary N) is 1. The maximum Gasteiger partial charge on any atom is 0.125 e. The molecule has 0 saturated carbocycles.